The van der Waals surface area contributed by atoms with Crippen LogP contribution in [0.4, 0.5) is 10.5 Å². The summed E-state index contributed by atoms with van der Waals surface area (Å²) >= 11 is 0. The molecule has 206 valence electrons. The first-order chi connectivity index (χ1) is 17.5. The number of nitrogens with zero attached hydrogens (tertiary/aromatic N) is 2. The molecule has 0 bridgehead atoms. The van der Waals surface area contributed by atoms with Crippen LogP contribution in [0.2, 0.25) is 0 Å². The molecular formula is C28H44N4O5. The van der Waals surface area contributed by atoms with E-state index in [1.165, 1.54) is 0 Å². The van der Waals surface area contributed by atoms with E-state index in [1.54, 1.807) is 16.7 Å². The maximum atomic E-state index is 13.6. The maximum Gasteiger partial charge on any atom is 0.410 e. The van der Waals surface area contributed by atoms with Gasteiger partial charge in [0.15, 0.2) is 0 Å². The number of nitrogens with two attached hydrogens (primary N) is 1. The number of anilines is 1. The van der Waals surface area contributed by atoms with E-state index in [0.717, 1.165) is 24.1 Å². The number of para-hydroxylation sites is 1. The molecule has 1 aromatic rings. The third kappa shape index (κ3) is 7.68. The lowest BCUT2D eigenvalue weighted by Gasteiger charge is -2.39. The van der Waals surface area contributed by atoms with Gasteiger partial charge in [-0.05, 0) is 42.7 Å². The Hall–Kier alpha value is -2.65. The highest BCUT2D eigenvalue weighted by molar-refractivity contribution is 5.95. The van der Waals surface area contributed by atoms with Gasteiger partial charge in [0, 0.05) is 37.2 Å². The molecule has 1 saturated heterocycles. The van der Waals surface area contributed by atoms with E-state index < -0.39 is 17.6 Å². The highest BCUT2D eigenvalue weighted by atomic mass is 16.6. The predicted octanol–water partition coefficient (Wildman–Crippen LogP) is 2.83. The van der Waals surface area contributed by atoms with Crippen LogP contribution in [-0.2, 0) is 20.7 Å². The van der Waals surface area contributed by atoms with E-state index in [1.807, 2.05) is 38.1 Å². The molecular weight excluding hydrogens is 472 g/mol. The molecule has 37 heavy (non-hydrogen) atoms. The molecule has 0 saturated carbocycles. The van der Waals surface area contributed by atoms with Crippen molar-refractivity contribution in [3.63, 3.8) is 0 Å². The van der Waals surface area contributed by atoms with Crippen molar-refractivity contribution in [3.05, 3.63) is 29.8 Å². The summed E-state index contributed by atoms with van der Waals surface area (Å²) in [6, 6.07) is 7.11. The zero-order valence-electron chi connectivity index (χ0n) is 22.7. The average Bonchev–Trinajstić information content (AvgIpc) is 3.28. The lowest BCUT2D eigenvalue weighted by atomic mass is 9.79. The van der Waals surface area contributed by atoms with Crippen LogP contribution in [0.5, 0.6) is 0 Å². The van der Waals surface area contributed by atoms with Crippen LogP contribution in [0.3, 0.4) is 0 Å². The lowest BCUT2D eigenvalue weighted by Crippen LogP contribution is -2.51. The Labute approximate surface area is 220 Å². The van der Waals surface area contributed by atoms with Gasteiger partial charge in [-0.2, -0.15) is 0 Å². The van der Waals surface area contributed by atoms with Gasteiger partial charge in [-0.1, -0.05) is 52.3 Å². The van der Waals surface area contributed by atoms with Gasteiger partial charge in [-0.25, -0.2) is 4.79 Å². The second-order valence-electron chi connectivity index (χ2n) is 11.4. The Morgan fingerprint density at radius 3 is 2.70 bits per heavy atom. The Morgan fingerprint density at radius 2 is 2.03 bits per heavy atom. The van der Waals surface area contributed by atoms with E-state index in [9.17, 15) is 19.5 Å². The summed E-state index contributed by atoms with van der Waals surface area (Å²) in [5, 5.41) is 13.6. The first-order valence-electron chi connectivity index (χ1n) is 13.6. The Morgan fingerprint density at radius 1 is 1.30 bits per heavy atom. The fourth-order valence-electron chi connectivity index (χ4n) is 5.31. The number of unbranched alkanes of at least 4 members (excludes halogenated alkanes) is 1. The number of fused-ring (bicyclic) bond motifs is 1. The van der Waals surface area contributed by atoms with E-state index in [2.05, 4.69) is 12.2 Å². The maximum absolute atomic E-state index is 13.6. The molecule has 4 atom stereocenters. The summed E-state index contributed by atoms with van der Waals surface area (Å²) < 4.78 is 5.14. The summed E-state index contributed by atoms with van der Waals surface area (Å²) in [5.41, 5.74) is 7.79. The molecule has 0 aromatic heterocycles. The largest absolute Gasteiger partial charge is 0.448 e. The van der Waals surface area contributed by atoms with Gasteiger partial charge < -0.3 is 25.8 Å². The van der Waals surface area contributed by atoms with Crippen LogP contribution in [0.15, 0.2) is 24.3 Å². The third-order valence-electron chi connectivity index (χ3n) is 7.45. The molecule has 4 N–H and O–H groups in total. The van der Waals surface area contributed by atoms with Crippen LogP contribution in [0, 0.1) is 11.3 Å². The highest BCUT2D eigenvalue weighted by Gasteiger charge is 2.38. The number of aliphatic hydroxyl groups is 1. The van der Waals surface area contributed by atoms with Crippen LogP contribution < -0.4 is 16.0 Å². The number of benzene rings is 1. The van der Waals surface area contributed by atoms with E-state index in [0.29, 0.717) is 39.1 Å². The van der Waals surface area contributed by atoms with Gasteiger partial charge in [-0.15, -0.1) is 0 Å². The zero-order chi connectivity index (χ0) is 27.2. The average molecular weight is 517 g/mol. The highest BCUT2D eigenvalue weighted by Crippen LogP contribution is 2.34. The lowest BCUT2D eigenvalue weighted by molar-refractivity contribution is -0.125. The van der Waals surface area contributed by atoms with Crippen molar-refractivity contribution in [3.8, 4) is 0 Å². The third-order valence-corrected chi connectivity index (χ3v) is 7.45. The van der Waals surface area contributed by atoms with E-state index >= 15 is 0 Å². The quantitative estimate of drug-likeness (QED) is 0.367. The minimum absolute atomic E-state index is 0.0416. The first-order valence-corrected chi connectivity index (χ1v) is 13.6. The number of carbonyl (C=O) groups is 3. The fourth-order valence-corrected chi connectivity index (χ4v) is 5.31. The van der Waals surface area contributed by atoms with Crippen molar-refractivity contribution < 1.29 is 24.2 Å². The Balaban J connectivity index is 1.60. The van der Waals surface area contributed by atoms with Crippen molar-refractivity contribution in [1.82, 2.24) is 10.2 Å². The molecule has 1 aromatic carbocycles. The monoisotopic (exact) mass is 516 g/mol. The summed E-state index contributed by atoms with van der Waals surface area (Å²) in [6.07, 6.45) is 2.38. The second-order valence-corrected chi connectivity index (χ2v) is 11.4. The van der Waals surface area contributed by atoms with Gasteiger partial charge in [-0.3, -0.25) is 14.5 Å². The SMILES string of the molecule is CCCCNC(=O)[C@H](C)C[C@H](O)[C@@H](N)CC(C)(C)CC(=O)N1C[C@H](N2CCOC2=O)Cc2ccccc21. The molecule has 9 heteroatoms. The molecule has 1 fully saturated rings. The molecule has 3 amide bonds. The van der Waals surface area contributed by atoms with Crippen molar-refractivity contribution in [2.75, 3.05) is 31.1 Å². The van der Waals surface area contributed by atoms with Crippen LogP contribution in [0.1, 0.15) is 65.4 Å². The van der Waals surface area contributed by atoms with Crippen molar-refractivity contribution >= 4 is 23.6 Å². The standard InChI is InChI=1S/C28H44N4O5/c1-5-6-11-30-26(35)19(2)14-24(33)22(29)16-28(3,4)17-25(34)32-18-21(31-12-13-37-27(31)36)15-20-9-7-8-10-23(20)32/h7-10,19,21-22,24,33H,5-6,11-18,29H2,1-4H3,(H,30,35)/t19-,21-,22+,24+/m1/s1. The molecule has 9 nitrogen and oxygen atoms in total. The molecule has 0 unspecified atom stereocenters. The number of hydrogen-bond donors (Lipinski definition) is 3. The Kier molecular flexibility index (Phi) is 9.95. The van der Waals surface area contributed by atoms with Crippen LogP contribution >= 0.6 is 0 Å². The number of cyclic esters (lactones) is 1. The summed E-state index contributed by atoms with van der Waals surface area (Å²) in [6.45, 7) is 9.77. The van der Waals surface area contributed by atoms with Crippen LogP contribution in [-0.4, -0.2) is 72.3 Å². The normalized spacial score (nSPS) is 20.2. The van der Waals surface area contributed by atoms with Gasteiger partial charge in [0.2, 0.25) is 11.8 Å². The van der Waals surface area contributed by atoms with E-state index in [4.69, 9.17) is 10.5 Å². The smallest absolute Gasteiger partial charge is 0.410 e. The molecule has 2 aliphatic heterocycles. The first kappa shape index (κ1) is 28.9. The van der Waals surface area contributed by atoms with Gasteiger partial charge in [0.25, 0.3) is 0 Å². The Bertz CT molecular complexity index is 952. The number of ether oxygens (including phenoxy) is 1. The fraction of sp³-hybridized carbons (Fsp3) is 0.679. The number of carbonyl (C=O) groups excluding carboxylic acids is 3. The summed E-state index contributed by atoms with van der Waals surface area (Å²) in [5.74, 6) is -0.462. The summed E-state index contributed by atoms with van der Waals surface area (Å²) in [7, 11) is 0. The zero-order valence-corrected chi connectivity index (χ0v) is 22.7. The van der Waals surface area contributed by atoms with Crippen LogP contribution in [0.25, 0.3) is 0 Å². The molecule has 3 rings (SSSR count). The minimum atomic E-state index is -0.845. The number of rotatable bonds is 12. The number of nitrogens with one attached hydrogen (secondary N) is 1. The second kappa shape index (κ2) is 12.7. The van der Waals surface area contributed by atoms with Crippen molar-refractivity contribution in [2.45, 2.75) is 84.4 Å². The minimum Gasteiger partial charge on any atom is -0.448 e. The number of hydrogen-bond acceptors (Lipinski definition) is 6. The van der Waals surface area contributed by atoms with Gasteiger partial charge >= 0.3 is 6.09 Å². The number of amides is 3. The van der Waals surface area contributed by atoms with Gasteiger partial charge in [0.05, 0.1) is 18.7 Å². The number of aliphatic hydroxyl groups excluding tert-OH is 1. The van der Waals surface area contributed by atoms with Gasteiger partial charge in [0.1, 0.15) is 6.61 Å². The molecule has 0 spiro atoms. The molecule has 0 aliphatic carbocycles. The summed E-state index contributed by atoms with van der Waals surface area (Å²) in [4.78, 5) is 41.6. The molecule has 2 aliphatic rings. The van der Waals surface area contributed by atoms with Crippen molar-refractivity contribution in [2.24, 2.45) is 17.1 Å². The molecule has 0 radical (unpaired) electrons. The molecule has 2 heterocycles. The topological polar surface area (TPSA) is 125 Å². The van der Waals surface area contributed by atoms with Crippen molar-refractivity contribution in [1.29, 1.82) is 0 Å². The van der Waals surface area contributed by atoms with E-state index in [-0.39, 0.29) is 42.7 Å². The predicted molar refractivity (Wildman–Crippen MR) is 143 cm³/mol.